The molecule has 4 heteroatoms. The third-order valence-corrected chi connectivity index (χ3v) is 3.17. The maximum absolute atomic E-state index is 13.7. The van der Waals surface area contributed by atoms with Crippen LogP contribution in [0.1, 0.15) is 25.8 Å². The van der Waals surface area contributed by atoms with Gasteiger partial charge in [-0.25, -0.2) is 4.39 Å². The number of ether oxygens (including phenoxy) is 1. The van der Waals surface area contributed by atoms with Crippen LogP contribution in [-0.2, 0) is 11.2 Å². The van der Waals surface area contributed by atoms with Crippen LogP contribution in [0.4, 0.5) is 4.39 Å². The van der Waals surface area contributed by atoms with Crippen LogP contribution in [-0.4, -0.2) is 25.8 Å². The third kappa shape index (κ3) is 5.46. The van der Waals surface area contributed by atoms with Crippen molar-refractivity contribution >= 4 is 15.9 Å². The van der Waals surface area contributed by atoms with Crippen molar-refractivity contribution in [3.63, 3.8) is 0 Å². The van der Waals surface area contributed by atoms with Crippen molar-refractivity contribution in [1.82, 2.24) is 5.32 Å². The van der Waals surface area contributed by atoms with Crippen molar-refractivity contribution in [2.24, 2.45) is 0 Å². The smallest absolute Gasteiger partial charge is 0.126 e. The predicted molar refractivity (Wildman–Crippen MR) is 76.4 cm³/mol. The first kappa shape index (κ1) is 15.6. The molecule has 0 amide bonds. The monoisotopic (exact) mass is 317 g/mol. The fourth-order valence-corrected chi connectivity index (χ4v) is 2.17. The Hall–Kier alpha value is -0.450. The lowest BCUT2D eigenvalue weighted by atomic mass is 10.1. The molecule has 0 heterocycles. The van der Waals surface area contributed by atoms with Crippen LogP contribution in [0.25, 0.3) is 0 Å². The first-order valence-electron chi connectivity index (χ1n) is 6.42. The van der Waals surface area contributed by atoms with Crippen LogP contribution in [0.5, 0.6) is 0 Å². The first-order chi connectivity index (χ1) is 8.67. The van der Waals surface area contributed by atoms with Gasteiger partial charge in [-0.1, -0.05) is 22.9 Å². The van der Waals surface area contributed by atoms with Crippen LogP contribution in [0.15, 0.2) is 22.7 Å². The van der Waals surface area contributed by atoms with Crippen LogP contribution in [0.3, 0.4) is 0 Å². The van der Waals surface area contributed by atoms with Crippen molar-refractivity contribution in [1.29, 1.82) is 0 Å². The number of halogens is 2. The fourth-order valence-electron chi connectivity index (χ4n) is 1.76. The molecular weight excluding hydrogens is 297 g/mol. The summed E-state index contributed by atoms with van der Waals surface area (Å²) < 4.78 is 20.0. The van der Waals surface area contributed by atoms with Gasteiger partial charge >= 0.3 is 0 Å². The Morgan fingerprint density at radius 2 is 2.17 bits per heavy atom. The zero-order valence-corrected chi connectivity index (χ0v) is 12.6. The molecule has 0 radical (unpaired) electrons. The summed E-state index contributed by atoms with van der Waals surface area (Å²) in [5.41, 5.74) is 0.720. The zero-order chi connectivity index (χ0) is 13.4. The van der Waals surface area contributed by atoms with Crippen molar-refractivity contribution in [3.05, 3.63) is 34.1 Å². The molecule has 0 aliphatic heterocycles. The van der Waals surface area contributed by atoms with E-state index in [0.29, 0.717) is 19.6 Å². The molecule has 1 rings (SSSR count). The third-order valence-electron chi connectivity index (χ3n) is 2.68. The molecule has 0 aromatic heterocycles. The van der Waals surface area contributed by atoms with E-state index in [9.17, 15) is 4.39 Å². The number of rotatable bonds is 8. The molecule has 0 aliphatic rings. The molecule has 102 valence electrons. The van der Waals surface area contributed by atoms with Gasteiger partial charge in [0, 0.05) is 17.1 Å². The molecule has 0 saturated heterocycles. The summed E-state index contributed by atoms with van der Waals surface area (Å²) in [6.07, 6.45) is 1.70. The van der Waals surface area contributed by atoms with Gasteiger partial charge < -0.3 is 10.1 Å². The van der Waals surface area contributed by atoms with Gasteiger partial charge in [-0.3, -0.25) is 0 Å². The molecular formula is C14H21BrFNO. The number of hydrogen-bond donors (Lipinski definition) is 1. The summed E-state index contributed by atoms with van der Waals surface area (Å²) in [5.74, 6) is -0.155. The predicted octanol–water partition coefficient (Wildman–Crippen LogP) is 3.54. The van der Waals surface area contributed by atoms with E-state index < -0.39 is 0 Å². The maximum atomic E-state index is 13.7. The Kier molecular flexibility index (Phi) is 7.47. The normalized spacial score (nSPS) is 12.7. The minimum Gasteiger partial charge on any atom is -0.380 e. The SMILES string of the molecule is CCCNC(COCC)Cc1cc(Br)ccc1F. The summed E-state index contributed by atoms with van der Waals surface area (Å²) in [6, 6.07) is 5.21. The second-order valence-corrected chi connectivity index (χ2v) is 5.17. The highest BCUT2D eigenvalue weighted by atomic mass is 79.9. The molecule has 0 bridgehead atoms. The first-order valence-corrected chi connectivity index (χ1v) is 7.21. The van der Waals surface area contributed by atoms with E-state index in [2.05, 4.69) is 28.2 Å². The lowest BCUT2D eigenvalue weighted by molar-refractivity contribution is 0.122. The quantitative estimate of drug-likeness (QED) is 0.792. The molecule has 0 fully saturated rings. The van der Waals surface area contributed by atoms with E-state index in [1.54, 1.807) is 6.07 Å². The van der Waals surface area contributed by atoms with Crippen LogP contribution < -0.4 is 5.32 Å². The highest BCUT2D eigenvalue weighted by Gasteiger charge is 2.12. The van der Waals surface area contributed by atoms with Crippen molar-refractivity contribution in [2.75, 3.05) is 19.8 Å². The molecule has 2 nitrogen and oxygen atoms in total. The molecule has 1 aromatic carbocycles. The lowest BCUT2D eigenvalue weighted by Gasteiger charge is -2.18. The Balaban J connectivity index is 2.65. The molecule has 1 unspecified atom stereocenters. The second kappa shape index (κ2) is 8.62. The van der Waals surface area contributed by atoms with E-state index in [1.807, 2.05) is 13.0 Å². The van der Waals surface area contributed by atoms with Crippen molar-refractivity contribution in [2.45, 2.75) is 32.7 Å². The van der Waals surface area contributed by atoms with Gasteiger partial charge in [0.05, 0.1) is 6.61 Å². The van der Waals surface area contributed by atoms with Gasteiger partial charge in [0.15, 0.2) is 0 Å². The summed E-state index contributed by atoms with van der Waals surface area (Å²) >= 11 is 3.37. The lowest BCUT2D eigenvalue weighted by Crippen LogP contribution is -2.36. The molecule has 1 N–H and O–H groups in total. The molecule has 0 aliphatic carbocycles. The van der Waals surface area contributed by atoms with Crippen LogP contribution in [0.2, 0.25) is 0 Å². The molecule has 0 saturated carbocycles. The van der Waals surface area contributed by atoms with Crippen molar-refractivity contribution in [3.8, 4) is 0 Å². The standard InChI is InChI=1S/C14H21BrFNO/c1-3-7-17-13(10-18-4-2)9-11-8-12(15)5-6-14(11)16/h5-6,8,13,17H,3-4,7,9-10H2,1-2H3. The molecule has 0 spiro atoms. The molecule has 1 atom stereocenters. The summed E-state index contributed by atoms with van der Waals surface area (Å²) in [6.45, 7) is 6.31. The minimum atomic E-state index is -0.155. The van der Waals surface area contributed by atoms with Gasteiger partial charge in [0.2, 0.25) is 0 Å². The van der Waals surface area contributed by atoms with Crippen molar-refractivity contribution < 1.29 is 9.13 Å². The van der Waals surface area contributed by atoms with E-state index in [-0.39, 0.29) is 11.9 Å². The van der Waals surface area contributed by atoms with Gasteiger partial charge in [-0.2, -0.15) is 0 Å². The van der Waals surface area contributed by atoms with E-state index in [1.165, 1.54) is 6.07 Å². The Morgan fingerprint density at radius 1 is 1.39 bits per heavy atom. The van der Waals surface area contributed by atoms with Gasteiger partial charge in [0.25, 0.3) is 0 Å². The van der Waals surface area contributed by atoms with E-state index in [0.717, 1.165) is 23.0 Å². The second-order valence-electron chi connectivity index (χ2n) is 4.25. The Morgan fingerprint density at radius 3 is 2.83 bits per heavy atom. The Labute approximate surface area is 117 Å². The Bertz CT molecular complexity index is 352. The highest BCUT2D eigenvalue weighted by molar-refractivity contribution is 9.10. The number of nitrogens with one attached hydrogen (secondary N) is 1. The minimum absolute atomic E-state index is 0.155. The summed E-state index contributed by atoms with van der Waals surface area (Å²) in [5, 5.41) is 3.39. The topological polar surface area (TPSA) is 21.3 Å². The number of hydrogen-bond acceptors (Lipinski definition) is 2. The van der Waals surface area contributed by atoms with E-state index >= 15 is 0 Å². The molecule has 18 heavy (non-hydrogen) atoms. The average Bonchev–Trinajstić information content (AvgIpc) is 2.37. The largest absolute Gasteiger partial charge is 0.380 e. The van der Waals surface area contributed by atoms with Gasteiger partial charge in [0.1, 0.15) is 5.82 Å². The fraction of sp³-hybridized carbons (Fsp3) is 0.571. The van der Waals surface area contributed by atoms with Crippen LogP contribution >= 0.6 is 15.9 Å². The molecule has 1 aromatic rings. The zero-order valence-electron chi connectivity index (χ0n) is 11.0. The summed E-state index contributed by atoms with van der Waals surface area (Å²) in [7, 11) is 0. The van der Waals surface area contributed by atoms with Crippen LogP contribution in [0, 0.1) is 5.82 Å². The number of benzene rings is 1. The average molecular weight is 318 g/mol. The van der Waals surface area contributed by atoms with Gasteiger partial charge in [-0.15, -0.1) is 0 Å². The summed E-state index contributed by atoms with van der Waals surface area (Å²) in [4.78, 5) is 0. The van der Waals surface area contributed by atoms with Gasteiger partial charge in [-0.05, 0) is 50.1 Å². The highest BCUT2D eigenvalue weighted by Crippen LogP contribution is 2.17. The maximum Gasteiger partial charge on any atom is 0.126 e. The van der Waals surface area contributed by atoms with E-state index in [4.69, 9.17) is 4.74 Å².